The van der Waals surface area contributed by atoms with Crippen LogP contribution in [-0.2, 0) is 0 Å². The minimum atomic E-state index is -1.30. The molecule has 0 fully saturated rings. The van der Waals surface area contributed by atoms with Crippen LogP contribution in [0.25, 0.3) is 0 Å². The highest BCUT2D eigenvalue weighted by atomic mass is 19.1. The summed E-state index contributed by atoms with van der Waals surface area (Å²) in [5.74, 6) is -4.14. The zero-order valence-corrected chi connectivity index (χ0v) is 9.28. The van der Waals surface area contributed by atoms with Crippen LogP contribution in [0.3, 0.4) is 0 Å². The molecule has 19 heavy (non-hydrogen) atoms. The standard InChI is InChI=1S/C11H7F2N3O3/c12-6-1-5(2-7(13)3-6)10(17)15-9-8(11(18)19)4-14-16-9/h1-4H,(H,18,19)(H2,14,15,16,17). The maximum atomic E-state index is 12.9. The van der Waals surface area contributed by atoms with E-state index in [9.17, 15) is 18.4 Å². The molecule has 0 spiro atoms. The van der Waals surface area contributed by atoms with Gasteiger partial charge in [0.15, 0.2) is 0 Å². The van der Waals surface area contributed by atoms with E-state index in [4.69, 9.17) is 5.11 Å². The van der Waals surface area contributed by atoms with Gasteiger partial charge in [-0.1, -0.05) is 0 Å². The van der Waals surface area contributed by atoms with Crippen LogP contribution in [-0.4, -0.2) is 27.2 Å². The summed E-state index contributed by atoms with van der Waals surface area (Å²) in [6.07, 6.45) is 1.00. The first kappa shape index (κ1) is 12.7. The quantitative estimate of drug-likeness (QED) is 0.787. The summed E-state index contributed by atoms with van der Waals surface area (Å²) in [5.41, 5.74) is -0.534. The van der Waals surface area contributed by atoms with Crippen molar-refractivity contribution in [2.75, 3.05) is 5.32 Å². The van der Waals surface area contributed by atoms with Gasteiger partial charge in [0.25, 0.3) is 5.91 Å². The van der Waals surface area contributed by atoms with Gasteiger partial charge in [-0.25, -0.2) is 13.6 Å². The number of carbonyl (C=O) groups is 2. The van der Waals surface area contributed by atoms with Crippen molar-refractivity contribution in [3.05, 3.63) is 47.2 Å². The number of amides is 1. The Labute approximate surface area is 105 Å². The Morgan fingerprint density at radius 3 is 2.42 bits per heavy atom. The second kappa shape index (κ2) is 4.84. The van der Waals surface area contributed by atoms with E-state index in [0.717, 1.165) is 18.3 Å². The maximum absolute atomic E-state index is 12.9. The first-order valence-electron chi connectivity index (χ1n) is 5.01. The molecule has 98 valence electrons. The number of carbonyl (C=O) groups excluding carboxylic acids is 1. The fourth-order valence-corrected chi connectivity index (χ4v) is 1.41. The van der Waals surface area contributed by atoms with Crippen molar-refractivity contribution in [3.8, 4) is 0 Å². The number of halogens is 2. The lowest BCUT2D eigenvalue weighted by Crippen LogP contribution is -2.15. The van der Waals surface area contributed by atoms with Gasteiger partial charge in [-0.3, -0.25) is 9.89 Å². The number of hydrogen-bond donors (Lipinski definition) is 3. The van der Waals surface area contributed by atoms with E-state index >= 15 is 0 Å². The normalized spacial score (nSPS) is 10.2. The van der Waals surface area contributed by atoms with E-state index in [0.29, 0.717) is 6.07 Å². The van der Waals surface area contributed by atoms with Crippen molar-refractivity contribution in [1.82, 2.24) is 10.2 Å². The Bertz CT molecular complexity index is 634. The number of aromatic nitrogens is 2. The molecule has 1 heterocycles. The Morgan fingerprint density at radius 2 is 1.84 bits per heavy atom. The monoisotopic (exact) mass is 267 g/mol. The first-order valence-corrected chi connectivity index (χ1v) is 5.01. The van der Waals surface area contributed by atoms with E-state index in [1.54, 1.807) is 0 Å². The number of hydrogen-bond acceptors (Lipinski definition) is 3. The lowest BCUT2D eigenvalue weighted by atomic mass is 10.2. The third-order valence-electron chi connectivity index (χ3n) is 2.23. The Hall–Kier alpha value is -2.77. The number of carboxylic acid groups (broad SMARTS) is 1. The highest BCUT2D eigenvalue weighted by molar-refractivity contribution is 6.06. The van der Waals surface area contributed by atoms with E-state index in [2.05, 4.69) is 15.5 Å². The molecule has 0 unspecified atom stereocenters. The van der Waals surface area contributed by atoms with Gasteiger partial charge in [-0.05, 0) is 12.1 Å². The number of benzene rings is 1. The molecule has 8 heteroatoms. The molecule has 0 aliphatic heterocycles. The van der Waals surface area contributed by atoms with Crippen LogP contribution in [0.4, 0.5) is 14.6 Å². The van der Waals surface area contributed by atoms with Crippen LogP contribution in [0, 0.1) is 11.6 Å². The van der Waals surface area contributed by atoms with E-state index in [1.165, 1.54) is 0 Å². The molecule has 0 atom stereocenters. The third kappa shape index (κ3) is 2.73. The van der Waals surface area contributed by atoms with Crippen LogP contribution in [0.2, 0.25) is 0 Å². The highest BCUT2D eigenvalue weighted by Gasteiger charge is 2.16. The maximum Gasteiger partial charge on any atom is 0.341 e. The number of carboxylic acids is 1. The molecule has 1 aromatic carbocycles. The van der Waals surface area contributed by atoms with Crippen LogP contribution in [0.5, 0.6) is 0 Å². The molecular weight excluding hydrogens is 260 g/mol. The largest absolute Gasteiger partial charge is 0.477 e. The molecule has 6 nitrogen and oxygen atoms in total. The minimum absolute atomic E-state index is 0.165. The van der Waals surface area contributed by atoms with Crippen molar-refractivity contribution < 1.29 is 23.5 Å². The minimum Gasteiger partial charge on any atom is -0.477 e. The average Bonchev–Trinajstić information content (AvgIpc) is 2.75. The number of H-pyrrole nitrogens is 1. The van der Waals surface area contributed by atoms with Crippen LogP contribution in [0.15, 0.2) is 24.4 Å². The van der Waals surface area contributed by atoms with Crippen molar-refractivity contribution >= 4 is 17.7 Å². The number of nitrogens with zero attached hydrogens (tertiary/aromatic N) is 1. The van der Waals surface area contributed by atoms with Crippen LogP contribution >= 0.6 is 0 Å². The van der Waals surface area contributed by atoms with Gasteiger partial charge < -0.3 is 10.4 Å². The number of aromatic carboxylic acids is 1. The third-order valence-corrected chi connectivity index (χ3v) is 2.23. The van der Waals surface area contributed by atoms with Gasteiger partial charge in [-0.15, -0.1) is 0 Å². The smallest absolute Gasteiger partial charge is 0.341 e. The average molecular weight is 267 g/mol. The number of anilines is 1. The van der Waals surface area contributed by atoms with Crippen LogP contribution in [0.1, 0.15) is 20.7 Å². The van der Waals surface area contributed by atoms with E-state index < -0.39 is 23.5 Å². The molecule has 0 aliphatic carbocycles. The van der Waals surface area contributed by atoms with Gasteiger partial charge in [-0.2, -0.15) is 5.10 Å². The molecule has 0 saturated heterocycles. The zero-order valence-electron chi connectivity index (χ0n) is 9.28. The Kier molecular flexibility index (Phi) is 3.23. The predicted molar refractivity (Wildman–Crippen MR) is 59.9 cm³/mol. The lowest BCUT2D eigenvalue weighted by molar-refractivity contribution is 0.0698. The summed E-state index contributed by atoms with van der Waals surface area (Å²) in [6, 6.07) is 2.28. The molecule has 3 N–H and O–H groups in total. The lowest BCUT2D eigenvalue weighted by Gasteiger charge is -2.04. The van der Waals surface area contributed by atoms with Gasteiger partial charge in [0.1, 0.15) is 23.0 Å². The van der Waals surface area contributed by atoms with E-state index in [-0.39, 0.29) is 16.9 Å². The molecule has 2 rings (SSSR count). The highest BCUT2D eigenvalue weighted by Crippen LogP contribution is 2.14. The molecule has 1 aromatic heterocycles. The molecular formula is C11H7F2N3O3. The summed E-state index contributed by atoms with van der Waals surface area (Å²) < 4.78 is 25.9. The van der Waals surface area contributed by atoms with Gasteiger partial charge in [0.2, 0.25) is 0 Å². The predicted octanol–water partition coefficient (Wildman–Crippen LogP) is 1.64. The Balaban J connectivity index is 2.25. The molecule has 0 radical (unpaired) electrons. The van der Waals surface area contributed by atoms with Crippen molar-refractivity contribution in [1.29, 1.82) is 0 Å². The number of aromatic amines is 1. The second-order valence-corrected chi connectivity index (χ2v) is 3.58. The SMILES string of the molecule is O=C(Nc1[nH]ncc1C(=O)O)c1cc(F)cc(F)c1. The Morgan fingerprint density at radius 1 is 1.21 bits per heavy atom. The first-order chi connectivity index (χ1) is 8.97. The number of rotatable bonds is 3. The van der Waals surface area contributed by atoms with Crippen molar-refractivity contribution in [3.63, 3.8) is 0 Å². The van der Waals surface area contributed by atoms with Gasteiger partial charge in [0.05, 0.1) is 6.20 Å². The molecule has 0 bridgehead atoms. The van der Waals surface area contributed by atoms with Crippen LogP contribution < -0.4 is 5.32 Å². The van der Waals surface area contributed by atoms with E-state index in [1.807, 2.05) is 0 Å². The molecule has 2 aromatic rings. The topological polar surface area (TPSA) is 95.1 Å². The van der Waals surface area contributed by atoms with Gasteiger partial charge >= 0.3 is 5.97 Å². The zero-order chi connectivity index (χ0) is 14.0. The molecule has 0 aliphatic rings. The van der Waals surface area contributed by atoms with Crippen molar-refractivity contribution in [2.24, 2.45) is 0 Å². The summed E-state index contributed by atoms with van der Waals surface area (Å²) in [7, 11) is 0. The number of nitrogens with one attached hydrogen (secondary N) is 2. The summed E-state index contributed by atoms with van der Waals surface area (Å²) >= 11 is 0. The summed E-state index contributed by atoms with van der Waals surface area (Å²) in [6.45, 7) is 0. The molecule has 0 saturated carbocycles. The summed E-state index contributed by atoms with van der Waals surface area (Å²) in [4.78, 5) is 22.5. The summed E-state index contributed by atoms with van der Waals surface area (Å²) in [5, 5.41) is 16.7. The fraction of sp³-hybridized carbons (Fsp3) is 0. The van der Waals surface area contributed by atoms with Crippen molar-refractivity contribution in [2.45, 2.75) is 0 Å². The molecule has 1 amide bonds. The fourth-order valence-electron chi connectivity index (χ4n) is 1.41. The second-order valence-electron chi connectivity index (χ2n) is 3.58. The van der Waals surface area contributed by atoms with Gasteiger partial charge in [0, 0.05) is 11.6 Å².